The van der Waals surface area contributed by atoms with Gasteiger partial charge in [0.25, 0.3) is 11.8 Å². The maximum Gasteiger partial charge on any atom is 0.408 e. The van der Waals surface area contributed by atoms with Crippen LogP contribution in [-0.2, 0) is 0 Å². The lowest BCUT2D eigenvalue weighted by molar-refractivity contribution is -0.138. The van der Waals surface area contributed by atoms with Crippen molar-refractivity contribution in [2.45, 2.75) is 76.9 Å². The Hall–Kier alpha value is -2.73. The third-order valence-electron chi connectivity index (χ3n) is 6.50. The molecular formula is C23H28F3N5O3S. The summed E-state index contributed by atoms with van der Waals surface area (Å²) >= 11 is 1.05. The van der Waals surface area contributed by atoms with E-state index in [1.165, 1.54) is 12.3 Å². The maximum atomic E-state index is 13.4. The molecule has 4 rings (SSSR count). The molecule has 2 aromatic rings. The number of amides is 2. The van der Waals surface area contributed by atoms with Gasteiger partial charge in [-0.2, -0.15) is 13.2 Å². The predicted molar refractivity (Wildman–Crippen MR) is 125 cm³/mol. The Kier molecular flexibility index (Phi) is 7.05. The van der Waals surface area contributed by atoms with E-state index in [9.17, 15) is 27.9 Å². The summed E-state index contributed by atoms with van der Waals surface area (Å²) in [6.07, 6.45) is -0.756. The molecule has 12 heteroatoms. The average molecular weight is 512 g/mol. The van der Waals surface area contributed by atoms with E-state index in [0.29, 0.717) is 35.4 Å². The number of hydrogen-bond acceptors (Lipinski definition) is 7. The van der Waals surface area contributed by atoms with Crippen LogP contribution in [0.4, 0.5) is 19.0 Å². The Bertz CT molecular complexity index is 1120. The van der Waals surface area contributed by atoms with Crippen LogP contribution in [0.5, 0.6) is 0 Å². The molecule has 3 heterocycles. The van der Waals surface area contributed by atoms with Gasteiger partial charge in [-0.25, -0.2) is 9.97 Å². The quantitative estimate of drug-likeness (QED) is 0.545. The van der Waals surface area contributed by atoms with Crippen LogP contribution in [0.3, 0.4) is 0 Å². The fraction of sp³-hybridized carbons (Fsp3) is 0.565. The van der Waals surface area contributed by atoms with Crippen LogP contribution < -0.4 is 10.6 Å². The summed E-state index contributed by atoms with van der Waals surface area (Å²) in [6.45, 7) is 5.27. The number of carbonyl (C=O) groups is 2. The van der Waals surface area contributed by atoms with E-state index >= 15 is 0 Å². The lowest BCUT2D eigenvalue weighted by atomic mass is 9.89. The van der Waals surface area contributed by atoms with Gasteiger partial charge in [-0.1, -0.05) is 0 Å². The van der Waals surface area contributed by atoms with Crippen LogP contribution in [0.15, 0.2) is 12.3 Å². The van der Waals surface area contributed by atoms with Crippen molar-refractivity contribution in [1.29, 1.82) is 0 Å². The minimum absolute atomic E-state index is 0.0421. The minimum atomic E-state index is -4.42. The van der Waals surface area contributed by atoms with Gasteiger partial charge in [-0.15, -0.1) is 11.3 Å². The largest absolute Gasteiger partial charge is 0.408 e. The number of rotatable bonds is 6. The highest BCUT2D eigenvalue weighted by Gasteiger charge is 2.37. The Balaban J connectivity index is 1.66. The van der Waals surface area contributed by atoms with E-state index in [1.807, 2.05) is 6.92 Å². The van der Waals surface area contributed by atoms with Crippen molar-refractivity contribution in [3.8, 4) is 10.4 Å². The highest BCUT2D eigenvalue weighted by Crippen LogP contribution is 2.36. The van der Waals surface area contributed by atoms with Gasteiger partial charge in [0.2, 0.25) is 0 Å². The lowest BCUT2D eigenvalue weighted by Crippen LogP contribution is -2.46. The van der Waals surface area contributed by atoms with E-state index < -0.39 is 24.2 Å². The van der Waals surface area contributed by atoms with Gasteiger partial charge < -0.3 is 20.6 Å². The number of hydrogen-bond donors (Lipinski definition) is 3. The number of carbonyl (C=O) groups excluding carboxylic acids is 2. The number of pyridine rings is 1. The van der Waals surface area contributed by atoms with Gasteiger partial charge in [0.1, 0.15) is 17.6 Å². The number of nitrogens with zero attached hydrogens (tertiary/aromatic N) is 3. The van der Waals surface area contributed by atoms with Crippen LogP contribution in [-0.4, -0.2) is 68.7 Å². The number of aryl methyl sites for hydroxylation is 1. The normalized spacial score (nSPS) is 23.1. The second kappa shape index (κ2) is 9.73. The zero-order chi connectivity index (χ0) is 25.5. The molecule has 3 N–H and O–H groups in total. The lowest BCUT2D eigenvalue weighted by Gasteiger charge is -2.31. The molecule has 0 unspecified atom stereocenters. The predicted octanol–water partition coefficient (Wildman–Crippen LogP) is 3.75. The van der Waals surface area contributed by atoms with E-state index in [1.54, 1.807) is 11.8 Å². The molecule has 1 aliphatic heterocycles. The summed E-state index contributed by atoms with van der Waals surface area (Å²) in [4.78, 5) is 36.9. The molecule has 2 amide bonds. The fourth-order valence-electron chi connectivity index (χ4n) is 4.24. The monoisotopic (exact) mass is 511 g/mol. The molecule has 0 spiro atoms. The van der Waals surface area contributed by atoms with Crippen LogP contribution in [0.1, 0.15) is 65.4 Å². The third kappa shape index (κ3) is 5.43. The SMILES string of the molecule is Cc1cc(N[C@@H](C)C(F)(F)F)ncc1-c1sc(C(=O)NC2CC(O)C2)nc1C(=O)N1CCC[C@@H]1C. The van der Waals surface area contributed by atoms with Gasteiger partial charge in [-0.05, 0) is 58.1 Å². The number of halogens is 3. The highest BCUT2D eigenvalue weighted by atomic mass is 32.1. The van der Waals surface area contributed by atoms with Crippen LogP contribution in [0, 0.1) is 6.92 Å². The van der Waals surface area contributed by atoms with Crippen molar-refractivity contribution < 1.29 is 27.9 Å². The first-order valence-electron chi connectivity index (χ1n) is 11.5. The molecular weight excluding hydrogens is 483 g/mol. The molecule has 8 nitrogen and oxygen atoms in total. The number of thiazole rings is 1. The van der Waals surface area contributed by atoms with Crippen LogP contribution >= 0.6 is 11.3 Å². The first-order chi connectivity index (χ1) is 16.4. The van der Waals surface area contributed by atoms with Crippen molar-refractivity contribution >= 4 is 29.0 Å². The fourth-order valence-corrected chi connectivity index (χ4v) is 5.28. The molecule has 0 radical (unpaired) electrons. The van der Waals surface area contributed by atoms with Gasteiger partial charge in [0, 0.05) is 30.4 Å². The molecule has 2 fully saturated rings. The Morgan fingerprint density at radius 2 is 2.03 bits per heavy atom. The smallest absolute Gasteiger partial charge is 0.393 e. The van der Waals surface area contributed by atoms with Gasteiger partial charge in [-0.3, -0.25) is 9.59 Å². The number of aliphatic hydroxyl groups excluding tert-OH is 1. The molecule has 2 aliphatic rings. The highest BCUT2D eigenvalue weighted by molar-refractivity contribution is 7.17. The second-order valence-electron chi connectivity index (χ2n) is 9.27. The number of aromatic nitrogens is 2. The zero-order valence-electron chi connectivity index (χ0n) is 19.6. The first kappa shape index (κ1) is 25.4. The average Bonchev–Trinajstić information content (AvgIpc) is 3.38. The molecule has 0 bridgehead atoms. The van der Waals surface area contributed by atoms with Crippen LogP contribution in [0.25, 0.3) is 10.4 Å². The standard InChI is InChI=1S/C23H28F3N5O3S/c1-11-7-17(28-13(3)23(24,25)26)27-10-16(11)19-18(22(34)31-6-4-5-12(31)2)30-21(35-19)20(33)29-14-8-15(32)9-14/h7,10,12-15,32H,4-6,8-9H2,1-3H3,(H,27,28)(H,29,33)/t12-,13-,14?,15?/m0/s1. The van der Waals surface area contributed by atoms with Crippen LogP contribution in [0.2, 0.25) is 0 Å². The summed E-state index contributed by atoms with van der Waals surface area (Å²) in [6, 6.07) is -0.398. The van der Waals surface area contributed by atoms with Crippen molar-refractivity contribution in [2.75, 3.05) is 11.9 Å². The van der Waals surface area contributed by atoms with Crippen molar-refractivity contribution in [3.05, 3.63) is 28.5 Å². The van der Waals surface area contributed by atoms with E-state index in [2.05, 4.69) is 20.6 Å². The zero-order valence-corrected chi connectivity index (χ0v) is 20.5. The molecule has 2 atom stereocenters. The molecule has 190 valence electrons. The summed E-state index contributed by atoms with van der Waals surface area (Å²) in [5.74, 6) is -0.653. The minimum Gasteiger partial charge on any atom is -0.393 e. The molecule has 0 aromatic carbocycles. The maximum absolute atomic E-state index is 13.4. The number of likely N-dealkylation sites (tertiary alicyclic amines) is 1. The first-order valence-corrected chi connectivity index (χ1v) is 12.4. The number of aliphatic hydroxyl groups is 1. The summed E-state index contributed by atoms with van der Waals surface area (Å²) in [5, 5.41) is 14.8. The number of anilines is 1. The Morgan fingerprint density at radius 1 is 1.31 bits per heavy atom. The van der Waals surface area contributed by atoms with Gasteiger partial charge in [0.05, 0.1) is 11.0 Å². The summed E-state index contributed by atoms with van der Waals surface area (Å²) in [5.41, 5.74) is 1.26. The van der Waals surface area contributed by atoms with Crippen molar-refractivity contribution in [3.63, 3.8) is 0 Å². The van der Waals surface area contributed by atoms with E-state index in [-0.39, 0.29) is 34.5 Å². The van der Waals surface area contributed by atoms with Crippen molar-refractivity contribution in [2.24, 2.45) is 0 Å². The van der Waals surface area contributed by atoms with Crippen molar-refractivity contribution in [1.82, 2.24) is 20.2 Å². The molecule has 2 aromatic heterocycles. The Morgan fingerprint density at radius 3 is 2.60 bits per heavy atom. The Labute approximate surface area is 205 Å². The third-order valence-corrected chi connectivity index (χ3v) is 7.58. The van der Waals surface area contributed by atoms with E-state index in [0.717, 1.165) is 31.1 Å². The van der Waals surface area contributed by atoms with Gasteiger partial charge in [0.15, 0.2) is 5.01 Å². The summed E-state index contributed by atoms with van der Waals surface area (Å²) < 4.78 is 38.8. The van der Waals surface area contributed by atoms with E-state index in [4.69, 9.17) is 0 Å². The summed E-state index contributed by atoms with van der Waals surface area (Å²) in [7, 11) is 0. The topological polar surface area (TPSA) is 107 Å². The molecule has 35 heavy (non-hydrogen) atoms. The second-order valence-corrected chi connectivity index (χ2v) is 10.3. The molecule has 1 saturated carbocycles. The number of alkyl halides is 3. The number of nitrogens with one attached hydrogen (secondary N) is 2. The van der Waals surface area contributed by atoms with Gasteiger partial charge >= 0.3 is 6.18 Å². The molecule has 1 aliphatic carbocycles. The molecule has 1 saturated heterocycles.